The lowest BCUT2D eigenvalue weighted by Crippen LogP contribution is -2.30. The van der Waals surface area contributed by atoms with E-state index in [1.807, 2.05) is 60.7 Å². The van der Waals surface area contributed by atoms with E-state index in [0.29, 0.717) is 6.54 Å². The molecule has 0 saturated carbocycles. The zero-order chi connectivity index (χ0) is 16.1. The second kappa shape index (κ2) is 6.79. The maximum atomic E-state index is 12.8. The highest BCUT2D eigenvalue weighted by Gasteiger charge is 2.22. The van der Waals surface area contributed by atoms with Crippen molar-refractivity contribution in [2.45, 2.75) is 6.54 Å². The number of methoxy groups -OCH3 is 1. The number of amides is 1. The first-order valence-electron chi connectivity index (χ1n) is 7.19. The Kier molecular flexibility index (Phi) is 4.38. The number of hydrogen-bond donors (Lipinski definition) is 0. The summed E-state index contributed by atoms with van der Waals surface area (Å²) in [4.78, 5) is 14.5. The number of rotatable bonds is 5. The normalized spacial score (nSPS) is 10.3. The summed E-state index contributed by atoms with van der Waals surface area (Å²) in [5, 5.41) is 3.69. The van der Waals surface area contributed by atoms with Gasteiger partial charge in [0, 0.05) is 5.69 Å². The molecule has 0 aliphatic carbocycles. The highest BCUT2D eigenvalue weighted by atomic mass is 16.5. The monoisotopic (exact) mass is 308 g/mol. The summed E-state index contributed by atoms with van der Waals surface area (Å²) >= 11 is 0. The zero-order valence-corrected chi connectivity index (χ0v) is 12.7. The van der Waals surface area contributed by atoms with Gasteiger partial charge in [-0.05, 0) is 22.9 Å². The van der Waals surface area contributed by atoms with Crippen LogP contribution in [0.1, 0.15) is 16.1 Å². The van der Waals surface area contributed by atoms with Crippen LogP contribution in [0.25, 0.3) is 0 Å². The number of anilines is 1. The number of aromatic nitrogens is 1. The fraction of sp³-hybridized carbons (Fsp3) is 0.111. The van der Waals surface area contributed by atoms with Gasteiger partial charge in [0.1, 0.15) is 0 Å². The average molecular weight is 308 g/mol. The summed E-state index contributed by atoms with van der Waals surface area (Å²) in [6, 6.07) is 20.7. The summed E-state index contributed by atoms with van der Waals surface area (Å²) < 4.78 is 10.1. The Morgan fingerprint density at radius 1 is 1.09 bits per heavy atom. The molecule has 5 nitrogen and oxygen atoms in total. The van der Waals surface area contributed by atoms with Crippen LogP contribution >= 0.6 is 0 Å². The molecule has 0 atom stereocenters. The number of hydrogen-bond acceptors (Lipinski definition) is 4. The highest BCUT2D eigenvalue weighted by molar-refractivity contribution is 6.04. The summed E-state index contributed by atoms with van der Waals surface area (Å²) in [7, 11) is 1.48. The molecule has 0 fully saturated rings. The van der Waals surface area contributed by atoms with Crippen LogP contribution in [0, 0.1) is 0 Å². The van der Waals surface area contributed by atoms with Gasteiger partial charge in [-0.3, -0.25) is 4.79 Å². The maximum absolute atomic E-state index is 12.8. The van der Waals surface area contributed by atoms with Crippen LogP contribution in [0.4, 0.5) is 5.69 Å². The molecule has 0 unspecified atom stereocenters. The van der Waals surface area contributed by atoms with Crippen LogP contribution < -0.4 is 9.64 Å². The minimum atomic E-state index is -0.268. The van der Waals surface area contributed by atoms with Gasteiger partial charge in [0.05, 0.1) is 19.7 Å². The highest BCUT2D eigenvalue weighted by Crippen LogP contribution is 2.21. The molecule has 1 aromatic heterocycles. The molecule has 116 valence electrons. The number of ether oxygens (including phenoxy) is 1. The molecular formula is C18H16N2O3. The number of carbonyl (C=O) groups excluding carboxylic acids is 1. The molecule has 0 radical (unpaired) electrons. The van der Waals surface area contributed by atoms with E-state index < -0.39 is 0 Å². The SMILES string of the molecule is COc1cc(C(=O)N(Cc2ccccc2)c2ccccc2)on1. The van der Waals surface area contributed by atoms with Crippen molar-refractivity contribution < 1.29 is 14.1 Å². The van der Waals surface area contributed by atoms with Gasteiger partial charge < -0.3 is 14.2 Å². The molecule has 3 aromatic rings. The first-order chi connectivity index (χ1) is 11.3. The van der Waals surface area contributed by atoms with E-state index in [1.54, 1.807) is 4.90 Å². The van der Waals surface area contributed by atoms with Crippen LogP contribution in [0.5, 0.6) is 5.88 Å². The van der Waals surface area contributed by atoms with Crippen LogP contribution in [-0.4, -0.2) is 18.2 Å². The van der Waals surface area contributed by atoms with Crippen molar-refractivity contribution in [1.82, 2.24) is 5.16 Å². The molecule has 0 aliphatic heterocycles. The van der Waals surface area contributed by atoms with Crippen molar-refractivity contribution >= 4 is 11.6 Å². The molecule has 5 heteroatoms. The van der Waals surface area contributed by atoms with Crippen molar-refractivity contribution in [3.8, 4) is 5.88 Å². The van der Waals surface area contributed by atoms with Gasteiger partial charge in [-0.25, -0.2) is 0 Å². The predicted molar refractivity (Wildman–Crippen MR) is 86.5 cm³/mol. The molecule has 1 amide bonds. The number of carbonyl (C=O) groups is 1. The third kappa shape index (κ3) is 3.40. The van der Waals surface area contributed by atoms with Crippen molar-refractivity contribution in [2.75, 3.05) is 12.0 Å². The molecule has 0 saturated heterocycles. The van der Waals surface area contributed by atoms with E-state index in [-0.39, 0.29) is 17.5 Å². The van der Waals surface area contributed by atoms with Gasteiger partial charge in [0.15, 0.2) is 0 Å². The fourth-order valence-electron chi connectivity index (χ4n) is 2.24. The lowest BCUT2D eigenvalue weighted by atomic mass is 10.2. The molecule has 3 rings (SSSR count). The van der Waals surface area contributed by atoms with E-state index in [2.05, 4.69) is 5.16 Å². The van der Waals surface area contributed by atoms with Gasteiger partial charge >= 0.3 is 0 Å². The molecule has 1 heterocycles. The first-order valence-corrected chi connectivity index (χ1v) is 7.19. The van der Waals surface area contributed by atoms with Crippen LogP contribution in [0.3, 0.4) is 0 Å². The summed E-state index contributed by atoms with van der Waals surface area (Å²) in [5.74, 6) is 0.151. The Morgan fingerprint density at radius 3 is 2.35 bits per heavy atom. The van der Waals surface area contributed by atoms with E-state index in [4.69, 9.17) is 9.26 Å². The molecule has 2 aromatic carbocycles. The summed E-state index contributed by atoms with van der Waals surface area (Å²) in [6.07, 6.45) is 0. The van der Waals surface area contributed by atoms with E-state index in [1.165, 1.54) is 13.2 Å². The smallest absolute Gasteiger partial charge is 0.297 e. The lowest BCUT2D eigenvalue weighted by Gasteiger charge is -2.21. The summed E-state index contributed by atoms with van der Waals surface area (Å²) in [6.45, 7) is 0.437. The third-order valence-electron chi connectivity index (χ3n) is 3.40. The largest absolute Gasteiger partial charge is 0.479 e. The molecule has 23 heavy (non-hydrogen) atoms. The van der Waals surface area contributed by atoms with Crippen LogP contribution in [0.15, 0.2) is 71.3 Å². The fourth-order valence-corrected chi connectivity index (χ4v) is 2.24. The van der Waals surface area contributed by atoms with Crippen LogP contribution in [-0.2, 0) is 6.54 Å². The molecule has 0 bridgehead atoms. The second-order valence-electron chi connectivity index (χ2n) is 4.95. The Hall–Kier alpha value is -3.08. The number of para-hydroxylation sites is 1. The third-order valence-corrected chi connectivity index (χ3v) is 3.40. The average Bonchev–Trinajstić information content (AvgIpc) is 3.10. The molecular weight excluding hydrogens is 292 g/mol. The zero-order valence-electron chi connectivity index (χ0n) is 12.7. The summed E-state index contributed by atoms with van der Waals surface area (Å²) in [5.41, 5.74) is 1.81. The maximum Gasteiger partial charge on any atom is 0.297 e. The predicted octanol–water partition coefficient (Wildman–Crippen LogP) is 3.53. The van der Waals surface area contributed by atoms with Crippen molar-refractivity contribution in [3.05, 3.63) is 78.1 Å². The van der Waals surface area contributed by atoms with Gasteiger partial charge in [0.2, 0.25) is 5.76 Å². The van der Waals surface area contributed by atoms with E-state index in [9.17, 15) is 4.79 Å². The van der Waals surface area contributed by atoms with Gasteiger partial charge in [-0.15, -0.1) is 0 Å². The lowest BCUT2D eigenvalue weighted by molar-refractivity contribution is 0.0949. The van der Waals surface area contributed by atoms with E-state index in [0.717, 1.165) is 11.3 Å². The topological polar surface area (TPSA) is 55.6 Å². The second-order valence-corrected chi connectivity index (χ2v) is 4.95. The first kappa shape index (κ1) is 14.8. The standard InChI is InChI=1S/C18H16N2O3/c1-22-17-12-16(23-19-17)18(21)20(15-10-6-3-7-11-15)13-14-8-4-2-5-9-14/h2-12H,13H2,1H3. The minimum absolute atomic E-state index is 0.140. The Balaban J connectivity index is 1.93. The van der Waals surface area contributed by atoms with Crippen molar-refractivity contribution in [1.29, 1.82) is 0 Å². The Bertz CT molecular complexity index is 769. The van der Waals surface area contributed by atoms with Gasteiger partial charge in [-0.2, -0.15) is 0 Å². The number of nitrogens with zero attached hydrogens (tertiary/aromatic N) is 2. The molecule has 0 aliphatic rings. The van der Waals surface area contributed by atoms with Crippen molar-refractivity contribution in [2.24, 2.45) is 0 Å². The minimum Gasteiger partial charge on any atom is -0.479 e. The van der Waals surface area contributed by atoms with Crippen molar-refractivity contribution in [3.63, 3.8) is 0 Å². The van der Waals surface area contributed by atoms with Gasteiger partial charge in [-0.1, -0.05) is 48.5 Å². The van der Waals surface area contributed by atoms with Crippen LogP contribution in [0.2, 0.25) is 0 Å². The Morgan fingerprint density at radius 2 is 1.74 bits per heavy atom. The Labute approximate surface area is 134 Å². The van der Waals surface area contributed by atoms with E-state index >= 15 is 0 Å². The molecule has 0 spiro atoms. The van der Waals surface area contributed by atoms with Gasteiger partial charge in [0.25, 0.3) is 11.8 Å². The molecule has 0 N–H and O–H groups in total. The number of benzene rings is 2. The quantitative estimate of drug-likeness (QED) is 0.723.